The molecule has 1 N–H and O–H groups in total. The summed E-state index contributed by atoms with van der Waals surface area (Å²) < 4.78 is 66.3. The molecule has 0 saturated heterocycles. The Balaban J connectivity index is 1.60. The Morgan fingerprint density at radius 2 is 1.61 bits per heavy atom. The number of anilines is 1. The Morgan fingerprint density at radius 1 is 0.935 bits per heavy atom. The maximum atomic E-state index is 14.0. The van der Waals surface area contributed by atoms with E-state index in [0.717, 1.165) is 66.4 Å². The van der Waals surface area contributed by atoms with E-state index >= 15 is 0 Å². The van der Waals surface area contributed by atoms with E-state index in [2.05, 4.69) is 5.32 Å². The lowest BCUT2D eigenvalue weighted by molar-refractivity contribution is -0.141. The summed E-state index contributed by atoms with van der Waals surface area (Å²) in [6.45, 7) is -0.146. The molecule has 0 spiro atoms. The number of halogens is 4. The zero-order valence-corrected chi connectivity index (χ0v) is 27.3. The standard InChI is InChI=1S/C34H39ClF3N3O4S/c1-46(44,45)41(30-18-9-14-27(23-30)34(36,37)38)20-10-19-32(42)40(24-26-13-8-15-28(35)21-26)31(22-25-11-4-2-5-12-25)33(43)39-29-16-6-3-7-17-29/h2,4-5,8-9,11-15,18,21,23,29,31H,3,6-7,10,16-17,19-20,22,24H2,1H3,(H,39,43)/t31-/m0/s1. The summed E-state index contributed by atoms with van der Waals surface area (Å²) in [5.41, 5.74) is 0.457. The molecular formula is C34H39ClF3N3O4S. The summed E-state index contributed by atoms with van der Waals surface area (Å²) in [7, 11) is -3.98. The zero-order chi connectivity index (χ0) is 33.3. The predicted octanol–water partition coefficient (Wildman–Crippen LogP) is 6.99. The molecule has 4 rings (SSSR count). The number of amides is 2. The Hall–Kier alpha value is -3.57. The van der Waals surface area contributed by atoms with Crippen molar-refractivity contribution < 1.29 is 31.2 Å². The van der Waals surface area contributed by atoms with Crippen LogP contribution in [0.2, 0.25) is 5.02 Å². The van der Waals surface area contributed by atoms with Crippen LogP contribution in [-0.4, -0.2) is 50.0 Å². The lowest BCUT2D eigenvalue weighted by Gasteiger charge is -2.34. The van der Waals surface area contributed by atoms with Crippen molar-refractivity contribution >= 4 is 39.1 Å². The van der Waals surface area contributed by atoms with Gasteiger partial charge in [0.2, 0.25) is 21.8 Å². The van der Waals surface area contributed by atoms with Gasteiger partial charge < -0.3 is 10.2 Å². The average Bonchev–Trinajstić information content (AvgIpc) is 3.01. The van der Waals surface area contributed by atoms with E-state index in [1.807, 2.05) is 36.4 Å². The average molecular weight is 678 g/mol. The van der Waals surface area contributed by atoms with Gasteiger partial charge in [-0.2, -0.15) is 13.2 Å². The van der Waals surface area contributed by atoms with Gasteiger partial charge in [0.25, 0.3) is 0 Å². The first-order valence-electron chi connectivity index (χ1n) is 15.3. The lowest BCUT2D eigenvalue weighted by atomic mass is 9.94. The van der Waals surface area contributed by atoms with Gasteiger partial charge in [-0.15, -0.1) is 0 Å². The fourth-order valence-electron chi connectivity index (χ4n) is 5.77. The second-order valence-corrected chi connectivity index (χ2v) is 14.0. The van der Waals surface area contributed by atoms with Crippen molar-refractivity contribution in [3.05, 3.63) is 101 Å². The van der Waals surface area contributed by atoms with Crippen molar-refractivity contribution in [2.24, 2.45) is 0 Å². The Bertz CT molecular complexity index is 1580. The van der Waals surface area contributed by atoms with Crippen LogP contribution in [0.15, 0.2) is 78.9 Å². The Labute approximate surface area is 273 Å². The van der Waals surface area contributed by atoms with Crippen LogP contribution in [0.4, 0.5) is 18.9 Å². The number of sulfonamides is 1. The second kappa shape index (κ2) is 15.8. The van der Waals surface area contributed by atoms with Gasteiger partial charge in [0.1, 0.15) is 6.04 Å². The highest BCUT2D eigenvalue weighted by molar-refractivity contribution is 7.92. The van der Waals surface area contributed by atoms with E-state index in [1.54, 1.807) is 18.2 Å². The molecule has 0 aromatic heterocycles. The van der Waals surface area contributed by atoms with E-state index in [9.17, 15) is 31.2 Å². The van der Waals surface area contributed by atoms with Crippen LogP contribution in [0, 0.1) is 0 Å². The highest BCUT2D eigenvalue weighted by Crippen LogP contribution is 2.32. The van der Waals surface area contributed by atoms with E-state index in [4.69, 9.17) is 11.6 Å². The lowest BCUT2D eigenvalue weighted by Crippen LogP contribution is -2.52. The molecular weight excluding hydrogens is 639 g/mol. The molecule has 1 saturated carbocycles. The van der Waals surface area contributed by atoms with Crippen molar-refractivity contribution in [3.8, 4) is 0 Å². The Morgan fingerprint density at radius 3 is 2.26 bits per heavy atom. The molecule has 1 aliphatic carbocycles. The van der Waals surface area contributed by atoms with Crippen LogP contribution in [-0.2, 0) is 38.8 Å². The maximum absolute atomic E-state index is 14.0. The van der Waals surface area contributed by atoms with Crippen LogP contribution in [0.1, 0.15) is 61.6 Å². The van der Waals surface area contributed by atoms with Gasteiger partial charge in [0.05, 0.1) is 17.5 Å². The molecule has 12 heteroatoms. The summed E-state index contributed by atoms with van der Waals surface area (Å²) in [5.74, 6) is -0.662. The SMILES string of the molecule is CS(=O)(=O)N(CCCC(=O)N(Cc1cccc(Cl)c1)[C@@H](Cc1ccccc1)C(=O)NC1CCCCC1)c1cccc(C(F)(F)F)c1. The zero-order valence-electron chi connectivity index (χ0n) is 25.7. The van der Waals surface area contributed by atoms with Crippen molar-refractivity contribution in [2.75, 3.05) is 17.1 Å². The molecule has 3 aromatic carbocycles. The summed E-state index contributed by atoms with van der Waals surface area (Å²) in [6.07, 6.45) is 1.25. The first kappa shape index (κ1) is 35.3. The van der Waals surface area contributed by atoms with E-state index in [-0.39, 0.29) is 50.0 Å². The van der Waals surface area contributed by atoms with Gasteiger partial charge in [-0.25, -0.2) is 8.42 Å². The van der Waals surface area contributed by atoms with E-state index < -0.39 is 33.7 Å². The van der Waals surface area contributed by atoms with Gasteiger partial charge in [-0.3, -0.25) is 13.9 Å². The normalized spacial score (nSPS) is 14.8. The minimum absolute atomic E-state index is 0.0104. The molecule has 1 aliphatic rings. The molecule has 1 fully saturated rings. The number of carbonyl (C=O) groups excluding carboxylic acids is 2. The first-order chi connectivity index (χ1) is 21.8. The molecule has 3 aromatic rings. The molecule has 7 nitrogen and oxygen atoms in total. The molecule has 46 heavy (non-hydrogen) atoms. The molecule has 0 aliphatic heterocycles. The van der Waals surface area contributed by atoms with Crippen molar-refractivity contribution in [1.82, 2.24) is 10.2 Å². The van der Waals surface area contributed by atoms with E-state index in [1.165, 1.54) is 11.0 Å². The maximum Gasteiger partial charge on any atom is 0.416 e. The van der Waals surface area contributed by atoms with Crippen molar-refractivity contribution in [2.45, 2.75) is 76.2 Å². The van der Waals surface area contributed by atoms with Gasteiger partial charge in [-0.1, -0.05) is 79.4 Å². The number of hydrogen-bond donors (Lipinski definition) is 1. The second-order valence-electron chi connectivity index (χ2n) is 11.7. The third-order valence-corrected chi connectivity index (χ3v) is 9.51. The number of carbonyl (C=O) groups is 2. The monoisotopic (exact) mass is 677 g/mol. The molecule has 2 amide bonds. The van der Waals surface area contributed by atoms with Crippen LogP contribution in [0.25, 0.3) is 0 Å². The molecule has 0 unspecified atom stereocenters. The number of hydrogen-bond acceptors (Lipinski definition) is 4. The third-order valence-electron chi connectivity index (χ3n) is 8.08. The van der Waals surface area contributed by atoms with Gasteiger partial charge >= 0.3 is 6.18 Å². The Kier molecular flexibility index (Phi) is 12.1. The minimum atomic E-state index is -4.65. The summed E-state index contributed by atoms with van der Waals surface area (Å²) in [4.78, 5) is 29.4. The van der Waals surface area contributed by atoms with Crippen LogP contribution in [0.5, 0.6) is 0 Å². The van der Waals surface area contributed by atoms with Crippen LogP contribution < -0.4 is 9.62 Å². The number of benzene rings is 3. The van der Waals surface area contributed by atoms with Crippen molar-refractivity contribution in [3.63, 3.8) is 0 Å². The van der Waals surface area contributed by atoms with Crippen LogP contribution >= 0.6 is 11.6 Å². The predicted molar refractivity (Wildman–Crippen MR) is 174 cm³/mol. The number of nitrogens with one attached hydrogen (secondary N) is 1. The summed E-state index contributed by atoms with van der Waals surface area (Å²) >= 11 is 6.25. The molecule has 0 heterocycles. The fourth-order valence-corrected chi connectivity index (χ4v) is 6.94. The summed E-state index contributed by atoms with van der Waals surface area (Å²) in [6, 6.07) is 19.6. The van der Waals surface area contributed by atoms with Crippen molar-refractivity contribution in [1.29, 1.82) is 0 Å². The smallest absolute Gasteiger partial charge is 0.352 e. The molecule has 0 radical (unpaired) electrons. The minimum Gasteiger partial charge on any atom is -0.352 e. The number of rotatable bonds is 13. The molecule has 0 bridgehead atoms. The first-order valence-corrected chi connectivity index (χ1v) is 17.6. The number of nitrogens with zero attached hydrogens (tertiary/aromatic N) is 2. The van der Waals surface area contributed by atoms with Crippen LogP contribution in [0.3, 0.4) is 0 Å². The van der Waals surface area contributed by atoms with E-state index in [0.29, 0.717) is 10.6 Å². The van der Waals surface area contributed by atoms with Gasteiger partial charge in [0.15, 0.2) is 0 Å². The highest BCUT2D eigenvalue weighted by Gasteiger charge is 2.33. The largest absolute Gasteiger partial charge is 0.416 e. The quantitative estimate of drug-likeness (QED) is 0.211. The highest BCUT2D eigenvalue weighted by atomic mass is 35.5. The molecule has 248 valence electrons. The third kappa shape index (κ3) is 10.2. The molecule has 1 atom stereocenters. The number of alkyl halides is 3. The van der Waals surface area contributed by atoms with Gasteiger partial charge in [0, 0.05) is 37.0 Å². The fraction of sp³-hybridized carbons (Fsp3) is 0.412. The topological polar surface area (TPSA) is 86.8 Å². The summed E-state index contributed by atoms with van der Waals surface area (Å²) in [5, 5.41) is 3.64. The van der Waals surface area contributed by atoms with Gasteiger partial charge in [-0.05, 0) is 60.7 Å².